The maximum absolute atomic E-state index is 6.20. The van der Waals surface area contributed by atoms with Crippen LogP contribution in [-0.4, -0.2) is 0 Å². The van der Waals surface area contributed by atoms with Gasteiger partial charge in [-0.3, -0.25) is 0 Å². The third kappa shape index (κ3) is 3.32. The third-order valence-corrected chi connectivity index (χ3v) is 5.13. The van der Waals surface area contributed by atoms with E-state index in [1.165, 1.54) is 19.8 Å². The molecule has 0 amide bonds. The lowest BCUT2D eigenvalue weighted by Crippen LogP contribution is -2.11. The van der Waals surface area contributed by atoms with Crippen LogP contribution in [0, 0.1) is 6.92 Å². The number of halogens is 2. The van der Waals surface area contributed by atoms with Crippen molar-refractivity contribution in [3.05, 3.63) is 55.1 Å². The second-order valence-corrected chi connectivity index (χ2v) is 6.88. The minimum absolute atomic E-state index is 0.0474. The van der Waals surface area contributed by atoms with Gasteiger partial charge in [0.1, 0.15) is 0 Å². The molecule has 0 saturated carbocycles. The molecule has 0 spiro atoms. The second kappa shape index (κ2) is 5.53. The van der Waals surface area contributed by atoms with Crippen molar-refractivity contribution < 1.29 is 0 Å². The molecule has 4 heteroatoms. The van der Waals surface area contributed by atoms with Crippen molar-refractivity contribution in [2.45, 2.75) is 19.4 Å². The van der Waals surface area contributed by atoms with Crippen molar-refractivity contribution in [1.29, 1.82) is 0 Å². The van der Waals surface area contributed by atoms with Gasteiger partial charge in [0.15, 0.2) is 0 Å². The van der Waals surface area contributed by atoms with E-state index in [1.54, 1.807) is 11.3 Å². The molecular formula is C13H13BrClNS. The summed E-state index contributed by atoms with van der Waals surface area (Å²) < 4.78 is 1.17. The number of hydrogen-bond acceptors (Lipinski definition) is 2. The van der Waals surface area contributed by atoms with Gasteiger partial charge in [-0.1, -0.05) is 23.7 Å². The van der Waals surface area contributed by atoms with Crippen molar-refractivity contribution in [3.8, 4) is 0 Å². The summed E-state index contributed by atoms with van der Waals surface area (Å²) in [6.07, 6.45) is 0.837. The Labute approximate surface area is 119 Å². The molecule has 2 aromatic rings. The van der Waals surface area contributed by atoms with Gasteiger partial charge >= 0.3 is 0 Å². The lowest BCUT2D eigenvalue weighted by Gasteiger charge is -2.09. The van der Waals surface area contributed by atoms with Gasteiger partial charge in [0.05, 0.1) is 3.79 Å². The van der Waals surface area contributed by atoms with Crippen LogP contribution in [0.3, 0.4) is 0 Å². The summed E-state index contributed by atoms with van der Waals surface area (Å²) in [5.74, 6) is 0. The Morgan fingerprint density at radius 2 is 2.00 bits per heavy atom. The first-order valence-electron chi connectivity index (χ1n) is 5.32. The van der Waals surface area contributed by atoms with Gasteiger partial charge in [-0.15, -0.1) is 11.3 Å². The lowest BCUT2D eigenvalue weighted by atomic mass is 10.1. The van der Waals surface area contributed by atoms with Crippen LogP contribution in [0.15, 0.2) is 34.1 Å². The summed E-state index contributed by atoms with van der Waals surface area (Å²) in [7, 11) is 0. The lowest BCUT2D eigenvalue weighted by molar-refractivity contribution is 0.736. The molecule has 1 aromatic carbocycles. The Morgan fingerprint density at radius 1 is 1.35 bits per heavy atom. The minimum Gasteiger partial charge on any atom is -0.323 e. The minimum atomic E-state index is 0.0474. The van der Waals surface area contributed by atoms with Crippen molar-refractivity contribution in [2.75, 3.05) is 0 Å². The topological polar surface area (TPSA) is 26.0 Å². The molecule has 1 atom stereocenters. The molecule has 0 bridgehead atoms. The molecule has 0 radical (unpaired) electrons. The van der Waals surface area contributed by atoms with Crippen LogP contribution in [-0.2, 0) is 6.42 Å². The molecule has 0 saturated heterocycles. The van der Waals surface area contributed by atoms with Crippen molar-refractivity contribution in [1.82, 2.24) is 0 Å². The van der Waals surface area contributed by atoms with Crippen molar-refractivity contribution in [3.63, 3.8) is 0 Å². The monoisotopic (exact) mass is 329 g/mol. The van der Waals surface area contributed by atoms with E-state index in [1.807, 2.05) is 24.3 Å². The first kappa shape index (κ1) is 13.1. The van der Waals surface area contributed by atoms with Gasteiger partial charge in [0, 0.05) is 15.9 Å². The summed E-state index contributed by atoms with van der Waals surface area (Å²) in [4.78, 5) is 1.21. The highest BCUT2D eigenvalue weighted by molar-refractivity contribution is 9.11. The number of rotatable bonds is 3. The summed E-state index contributed by atoms with van der Waals surface area (Å²) in [5, 5.41) is 0.761. The van der Waals surface area contributed by atoms with Crippen LogP contribution in [0.25, 0.3) is 0 Å². The van der Waals surface area contributed by atoms with Gasteiger partial charge in [0.25, 0.3) is 0 Å². The molecule has 1 unspecified atom stereocenters. The standard InChI is InChI=1S/C13H13BrClNS/c1-8-6-12(17-13(8)14)11(16)7-9-2-4-10(15)5-3-9/h2-6,11H,7,16H2,1H3. The van der Waals surface area contributed by atoms with Crippen LogP contribution < -0.4 is 5.73 Å². The second-order valence-electron chi connectivity index (χ2n) is 4.04. The smallest absolute Gasteiger partial charge is 0.0731 e. The zero-order valence-corrected chi connectivity index (χ0v) is 12.6. The van der Waals surface area contributed by atoms with Crippen molar-refractivity contribution in [2.24, 2.45) is 5.73 Å². The highest BCUT2D eigenvalue weighted by Crippen LogP contribution is 2.31. The fourth-order valence-corrected chi connectivity index (χ4v) is 3.34. The van der Waals surface area contributed by atoms with Crippen LogP contribution in [0.1, 0.15) is 22.0 Å². The SMILES string of the molecule is Cc1cc(C(N)Cc2ccc(Cl)cc2)sc1Br. The molecule has 2 N–H and O–H groups in total. The molecule has 2 rings (SSSR count). The summed E-state index contributed by atoms with van der Waals surface area (Å²) in [6, 6.07) is 10.1. The van der Waals surface area contributed by atoms with E-state index in [2.05, 4.69) is 28.9 Å². The predicted molar refractivity (Wildman–Crippen MR) is 78.8 cm³/mol. The normalized spacial score (nSPS) is 12.7. The highest BCUT2D eigenvalue weighted by atomic mass is 79.9. The van der Waals surface area contributed by atoms with Crippen LogP contribution in [0.5, 0.6) is 0 Å². The average molecular weight is 331 g/mol. The van der Waals surface area contributed by atoms with E-state index in [0.29, 0.717) is 0 Å². The molecule has 1 nitrogen and oxygen atoms in total. The molecule has 0 aliphatic rings. The van der Waals surface area contributed by atoms with Gasteiger partial charge in [-0.25, -0.2) is 0 Å². The highest BCUT2D eigenvalue weighted by Gasteiger charge is 2.11. The fraction of sp³-hybridized carbons (Fsp3) is 0.231. The Morgan fingerprint density at radius 3 is 2.53 bits per heavy atom. The first-order chi connectivity index (χ1) is 8.06. The predicted octanol–water partition coefficient (Wildman–Crippen LogP) is 4.71. The van der Waals surface area contributed by atoms with Gasteiger partial charge in [-0.05, 0) is 58.6 Å². The molecule has 90 valence electrons. The summed E-state index contributed by atoms with van der Waals surface area (Å²) in [6.45, 7) is 2.08. The van der Waals surface area contributed by atoms with E-state index in [4.69, 9.17) is 17.3 Å². The third-order valence-electron chi connectivity index (χ3n) is 2.61. The number of thiophene rings is 1. The zero-order chi connectivity index (χ0) is 12.4. The molecular weight excluding hydrogens is 318 g/mol. The molecule has 0 aliphatic heterocycles. The number of benzene rings is 1. The van der Waals surface area contributed by atoms with Crippen LogP contribution in [0.4, 0.5) is 0 Å². The summed E-state index contributed by atoms with van der Waals surface area (Å²) in [5.41, 5.74) is 8.66. The van der Waals surface area contributed by atoms with E-state index in [-0.39, 0.29) is 6.04 Å². The van der Waals surface area contributed by atoms with E-state index >= 15 is 0 Å². The number of hydrogen-bond donors (Lipinski definition) is 1. The maximum Gasteiger partial charge on any atom is 0.0731 e. The van der Waals surface area contributed by atoms with Gasteiger partial charge in [0.2, 0.25) is 0 Å². The molecule has 1 heterocycles. The molecule has 0 fully saturated rings. The molecule has 1 aromatic heterocycles. The summed E-state index contributed by atoms with van der Waals surface area (Å²) >= 11 is 11.1. The van der Waals surface area contributed by atoms with E-state index in [9.17, 15) is 0 Å². The van der Waals surface area contributed by atoms with Crippen LogP contribution >= 0.6 is 38.9 Å². The van der Waals surface area contributed by atoms with Crippen LogP contribution in [0.2, 0.25) is 5.02 Å². The van der Waals surface area contributed by atoms with Crippen molar-refractivity contribution >= 4 is 38.9 Å². The Balaban J connectivity index is 2.11. The fourth-order valence-electron chi connectivity index (χ4n) is 1.64. The molecule has 0 aliphatic carbocycles. The number of aryl methyl sites for hydroxylation is 1. The Hall–Kier alpha value is -0.350. The van der Waals surface area contributed by atoms with E-state index in [0.717, 1.165) is 11.4 Å². The van der Waals surface area contributed by atoms with Gasteiger partial charge in [-0.2, -0.15) is 0 Å². The Kier molecular flexibility index (Phi) is 4.26. The average Bonchev–Trinajstić information content (AvgIpc) is 2.63. The zero-order valence-electron chi connectivity index (χ0n) is 9.41. The largest absolute Gasteiger partial charge is 0.323 e. The first-order valence-corrected chi connectivity index (χ1v) is 7.31. The number of nitrogens with two attached hydrogens (primary N) is 1. The maximum atomic E-state index is 6.20. The molecule has 17 heavy (non-hydrogen) atoms. The van der Waals surface area contributed by atoms with E-state index < -0.39 is 0 Å². The van der Waals surface area contributed by atoms with Gasteiger partial charge < -0.3 is 5.73 Å². The quantitative estimate of drug-likeness (QED) is 0.866. The Bertz CT molecular complexity index is 487.